The Hall–Kier alpha value is -2.62. The minimum Gasteiger partial charge on any atom is -0.497 e. The standard InChI is InChI=1S/C22H31N3O5S/c1-14-8-10-18(31(27,28)25(4)5)13-20(14)24-22(26)16(3)23-15(2)19-12-17(29-6)9-11-21(19)30-7/h8-13,15-16,23H,1-7H3,(H,24,26)/t15-,16+/m1/s1. The van der Waals surface area contributed by atoms with E-state index >= 15 is 0 Å². The van der Waals surface area contributed by atoms with Crippen molar-refractivity contribution in [3.63, 3.8) is 0 Å². The zero-order valence-corrected chi connectivity index (χ0v) is 19.8. The summed E-state index contributed by atoms with van der Waals surface area (Å²) in [5, 5.41) is 6.08. The van der Waals surface area contributed by atoms with E-state index in [-0.39, 0.29) is 16.8 Å². The molecule has 2 atom stereocenters. The van der Waals surface area contributed by atoms with Gasteiger partial charge in [0.05, 0.1) is 25.2 Å². The molecule has 0 aliphatic rings. The number of nitrogens with one attached hydrogen (secondary N) is 2. The van der Waals surface area contributed by atoms with Crippen LogP contribution in [0.3, 0.4) is 0 Å². The molecule has 8 nitrogen and oxygen atoms in total. The zero-order chi connectivity index (χ0) is 23.3. The number of carbonyl (C=O) groups excluding carboxylic acids is 1. The minimum atomic E-state index is -3.60. The summed E-state index contributed by atoms with van der Waals surface area (Å²) >= 11 is 0. The molecule has 0 aromatic heterocycles. The molecular formula is C22H31N3O5S. The van der Waals surface area contributed by atoms with Crippen LogP contribution in [0, 0.1) is 6.92 Å². The highest BCUT2D eigenvalue weighted by Crippen LogP contribution is 2.29. The predicted octanol–water partition coefficient (Wildman–Crippen LogP) is 2.94. The largest absolute Gasteiger partial charge is 0.497 e. The van der Waals surface area contributed by atoms with E-state index in [0.717, 1.165) is 15.4 Å². The molecule has 31 heavy (non-hydrogen) atoms. The van der Waals surface area contributed by atoms with Crippen molar-refractivity contribution in [2.75, 3.05) is 33.6 Å². The number of rotatable bonds is 9. The fourth-order valence-corrected chi connectivity index (χ4v) is 3.99. The van der Waals surface area contributed by atoms with Gasteiger partial charge < -0.3 is 14.8 Å². The average molecular weight is 450 g/mol. The van der Waals surface area contributed by atoms with Gasteiger partial charge >= 0.3 is 0 Å². The van der Waals surface area contributed by atoms with Gasteiger partial charge in [-0.3, -0.25) is 10.1 Å². The Bertz CT molecular complexity index is 1040. The molecule has 1 amide bonds. The van der Waals surface area contributed by atoms with Gasteiger partial charge in [0.1, 0.15) is 11.5 Å². The molecule has 0 saturated carbocycles. The van der Waals surface area contributed by atoms with Crippen LogP contribution in [-0.2, 0) is 14.8 Å². The van der Waals surface area contributed by atoms with Gasteiger partial charge in [-0.05, 0) is 56.7 Å². The van der Waals surface area contributed by atoms with E-state index in [0.29, 0.717) is 17.2 Å². The molecule has 0 heterocycles. The second-order valence-corrected chi connectivity index (χ2v) is 9.62. The number of aryl methyl sites for hydroxylation is 1. The van der Waals surface area contributed by atoms with Crippen LogP contribution in [0.4, 0.5) is 5.69 Å². The number of anilines is 1. The van der Waals surface area contributed by atoms with Crippen molar-refractivity contribution in [2.45, 2.75) is 37.8 Å². The van der Waals surface area contributed by atoms with E-state index in [1.54, 1.807) is 27.2 Å². The Balaban J connectivity index is 2.18. The summed E-state index contributed by atoms with van der Waals surface area (Å²) < 4.78 is 36.7. The number of hydrogen-bond donors (Lipinski definition) is 2. The van der Waals surface area contributed by atoms with Crippen LogP contribution < -0.4 is 20.1 Å². The summed E-state index contributed by atoms with van der Waals surface area (Å²) in [5.74, 6) is 1.10. The number of amides is 1. The summed E-state index contributed by atoms with van der Waals surface area (Å²) in [6.45, 7) is 5.48. The van der Waals surface area contributed by atoms with Gasteiger partial charge in [-0.1, -0.05) is 6.07 Å². The van der Waals surface area contributed by atoms with Crippen LogP contribution in [0.25, 0.3) is 0 Å². The number of sulfonamides is 1. The summed E-state index contributed by atoms with van der Waals surface area (Å²) in [6.07, 6.45) is 0. The molecule has 0 radical (unpaired) electrons. The number of hydrogen-bond acceptors (Lipinski definition) is 6. The van der Waals surface area contributed by atoms with Crippen LogP contribution >= 0.6 is 0 Å². The molecule has 2 aromatic rings. The molecule has 170 valence electrons. The maximum atomic E-state index is 12.8. The molecule has 0 unspecified atom stereocenters. The Morgan fingerprint density at radius 1 is 1.03 bits per heavy atom. The molecule has 0 aliphatic carbocycles. The van der Waals surface area contributed by atoms with Crippen LogP contribution in [0.5, 0.6) is 11.5 Å². The first-order chi connectivity index (χ1) is 14.5. The summed E-state index contributed by atoms with van der Waals surface area (Å²) in [7, 11) is 2.51. The van der Waals surface area contributed by atoms with Gasteiger partial charge in [0.25, 0.3) is 0 Å². The van der Waals surface area contributed by atoms with E-state index in [9.17, 15) is 13.2 Å². The van der Waals surface area contributed by atoms with Crippen molar-refractivity contribution in [2.24, 2.45) is 0 Å². The van der Waals surface area contributed by atoms with Gasteiger partial charge in [0.15, 0.2) is 0 Å². The third kappa shape index (κ3) is 5.75. The molecule has 0 bridgehead atoms. The molecule has 9 heteroatoms. The van der Waals surface area contributed by atoms with Crippen molar-refractivity contribution in [3.05, 3.63) is 47.5 Å². The maximum absolute atomic E-state index is 12.8. The average Bonchev–Trinajstić information content (AvgIpc) is 2.74. The van der Waals surface area contributed by atoms with Gasteiger partial charge in [0.2, 0.25) is 15.9 Å². The summed E-state index contributed by atoms with van der Waals surface area (Å²) in [4.78, 5) is 12.9. The van der Waals surface area contributed by atoms with Crippen LogP contribution in [-0.4, -0.2) is 53.0 Å². The normalized spacial score (nSPS) is 13.5. The highest BCUT2D eigenvalue weighted by molar-refractivity contribution is 7.89. The van der Waals surface area contributed by atoms with Crippen molar-refractivity contribution >= 4 is 21.6 Å². The van der Waals surface area contributed by atoms with Crippen molar-refractivity contribution in [1.29, 1.82) is 0 Å². The quantitative estimate of drug-likeness (QED) is 0.611. The van der Waals surface area contributed by atoms with E-state index < -0.39 is 16.1 Å². The van der Waals surface area contributed by atoms with Gasteiger partial charge in [-0.15, -0.1) is 0 Å². The summed E-state index contributed by atoms with van der Waals surface area (Å²) in [5.41, 5.74) is 2.07. The second kappa shape index (κ2) is 10.1. The smallest absolute Gasteiger partial charge is 0.242 e. The first-order valence-corrected chi connectivity index (χ1v) is 11.3. The van der Waals surface area contributed by atoms with E-state index in [1.807, 2.05) is 32.0 Å². The minimum absolute atomic E-state index is 0.119. The Kier molecular flexibility index (Phi) is 8.05. The molecule has 0 fully saturated rings. The first-order valence-electron chi connectivity index (χ1n) is 9.83. The third-order valence-corrected chi connectivity index (χ3v) is 6.85. The molecule has 2 N–H and O–H groups in total. The fraction of sp³-hybridized carbons (Fsp3) is 0.409. The second-order valence-electron chi connectivity index (χ2n) is 7.47. The number of ether oxygens (including phenoxy) is 2. The van der Waals surface area contributed by atoms with E-state index in [1.165, 1.54) is 26.2 Å². The monoisotopic (exact) mass is 449 g/mol. The van der Waals surface area contributed by atoms with Crippen LogP contribution in [0.2, 0.25) is 0 Å². The first kappa shape index (κ1) is 24.6. The number of nitrogens with zero attached hydrogens (tertiary/aromatic N) is 1. The molecule has 2 rings (SSSR count). The highest BCUT2D eigenvalue weighted by atomic mass is 32.2. The lowest BCUT2D eigenvalue weighted by Crippen LogP contribution is -2.39. The van der Waals surface area contributed by atoms with Gasteiger partial charge in [-0.25, -0.2) is 12.7 Å². The molecule has 2 aromatic carbocycles. The zero-order valence-electron chi connectivity index (χ0n) is 19.0. The molecule has 0 spiro atoms. The lowest BCUT2D eigenvalue weighted by molar-refractivity contribution is -0.117. The molecular weight excluding hydrogens is 418 g/mol. The highest BCUT2D eigenvalue weighted by Gasteiger charge is 2.22. The van der Waals surface area contributed by atoms with Crippen LogP contribution in [0.15, 0.2) is 41.3 Å². The lowest BCUT2D eigenvalue weighted by atomic mass is 10.1. The number of methoxy groups -OCH3 is 2. The topological polar surface area (TPSA) is 97.0 Å². The van der Waals surface area contributed by atoms with Crippen molar-refractivity contribution < 1.29 is 22.7 Å². The number of carbonyl (C=O) groups is 1. The maximum Gasteiger partial charge on any atom is 0.242 e. The third-order valence-electron chi connectivity index (χ3n) is 5.04. The van der Waals surface area contributed by atoms with Gasteiger partial charge in [-0.2, -0.15) is 0 Å². The molecule has 0 saturated heterocycles. The van der Waals surface area contributed by atoms with Crippen LogP contribution in [0.1, 0.15) is 31.0 Å². The van der Waals surface area contributed by atoms with Crippen molar-refractivity contribution in [3.8, 4) is 11.5 Å². The van der Waals surface area contributed by atoms with E-state index in [4.69, 9.17) is 9.47 Å². The van der Waals surface area contributed by atoms with Crippen molar-refractivity contribution in [1.82, 2.24) is 9.62 Å². The fourth-order valence-electron chi connectivity index (χ4n) is 3.07. The summed E-state index contributed by atoms with van der Waals surface area (Å²) in [6, 6.07) is 9.41. The molecule has 0 aliphatic heterocycles. The van der Waals surface area contributed by atoms with Gasteiger partial charge in [0, 0.05) is 31.4 Å². The van der Waals surface area contributed by atoms with E-state index in [2.05, 4.69) is 10.6 Å². The Morgan fingerprint density at radius 2 is 1.71 bits per heavy atom. The lowest BCUT2D eigenvalue weighted by Gasteiger charge is -2.22. The number of benzene rings is 2. The Labute approximate surface area is 184 Å². The SMILES string of the molecule is COc1ccc(OC)c([C@@H](C)N[C@@H](C)C(=O)Nc2cc(S(=O)(=O)N(C)C)ccc2C)c1. The Morgan fingerprint density at radius 3 is 2.29 bits per heavy atom. The predicted molar refractivity (Wildman–Crippen MR) is 121 cm³/mol.